The molecule has 9 aromatic carbocycles. The fraction of sp³-hybridized carbons (Fsp3) is 0.0656. The Morgan fingerprint density at radius 1 is 0.379 bits per heavy atom. The van der Waals surface area contributed by atoms with Crippen molar-refractivity contribution < 1.29 is 0 Å². The van der Waals surface area contributed by atoms with Crippen molar-refractivity contribution in [3.63, 3.8) is 0 Å². The van der Waals surface area contributed by atoms with Crippen molar-refractivity contribution in [2.24, 2.45) is 0 Å². The number of rotatable bonds is 1. The Kier molecular flexibility index (Phi) is 6.24. The second-order valence-corrected chi connectivity index (χ2v) is 18.7. The van der Waals surface area contributed by atoms with E-state index in [9.17, 15) is 10.5 Å². The third-order valence-electron chi connectivity index (χ3n) is 16.0. The number of para-hydroxylation sites is 2. The molecule has 5 heteroatoms. The third-order valence-corrected chi connectivity index (χ3v) is 16.0. The minimum atomic E-state index is -0.136. The zero-order valence-corrected chi connectivity index (χ0v) is 35.2. The van der Waals surface area contributed by atoms with Gasteiger partial charge in [0.2, 0.25) is 0 Å². The van der Waals surface area contributed by atoms with Gasteiger partial charge in [0.25, 0.3) is 5.56 Å². The van der Waals surface area contributed by atoms with Gasteiger partial charge in [-0.05, 0) is 103 Å². The molecule has 302 valence electrons. The standard InChI is InChI=1S/C61H32N4O/c62-29-31-26-46-55(57-48(31)50-34-16-4-8-20-38(34)52(57)39-21-9-5-17-35(39)50)43-28-44-54(42-24-12-13-25-45(42)64(61(44)66)33-14-2-1-3-15-33)59-56-47(65(46)60(43)59)27-32(30-63)49-51-36-18-6-10-22-40(36)53(58(49)56)41-23-11-7-19-37(41)51/h1-28,50-53H. The van der Waals surface area contributed by atoms with Gasteiger partial charge in [-0.3, -0.25) is 9.36 Å². The van der Waals surface area contributed by atoms with E-state index in [1.807, 2.05) is 41.0 Å². The van der Waals surface area contributed by atoms with Crippen LogP contribution in [-0.2, 0) is 0 Å². The molecule has 0 aliphatic heterocycles. The Hall–Kier alpha value is -8.77. The van der Waals surface area contributed by atoms with Crippen LogP contribution in [0.2, 0.25) is 0 Å². The summed E-state index contributed by atoms with van der Waals surface area (Å²) in [4.78, 5) is 15.8. The van der Waals surface area contributed by atoms with Crippen molar-refractivity contribution in [2.45, 2.75) is 23.7 Å². The zero-order chi connectivity index (χ0) is 43.3. The summed E-state index contributed by atoms with van der Waals surface area (Å²) in [5.74, 6) is -0.496. The van der Waals surface area contributed by atoms with E-state index in [4.69, 9.17) is 0 Å². The van der Waals surface area contributed by atoms with Crippen LogP contribution in [0.4, 0.5) is 0 Å². The molecule has 0 amide bonds. The van der Waals surface area contributed by atoms with Crippen molar-refractivity contribution in [1.82, 2.24) is 8.97 Å². The van der Waals surface area contributed by atoms with Gasteiger partial charge in [0.1, 0.15) is 0 Å². The summed E-state index contributed by atoms with van der Waals surface area (Å²) in [6, 6.07) is 65.2. The van der Waals surface area contributed by atoms with Crippen LogP contribution in [0.5, 0.6) is 0 Å². The van der Waals surface area contributed by atoms with Crippen LogP contribution in [0.25, 0.3) is 65.5 Å². The molecule has 6 aliphatic carbocycles. The normalized spacial score (nSPS) is 18.0. The van der Waals surface area contributed by atoms with Crippen LogP contribution in [0.15, 0.2) is 175 Å². The first-order chi connectivity index (χ1) is 32.7. The number of fused-ring (bicyclic) bond motifs is 10. The van der Waals surface area contributed by atoms with Crippen LogP contribution in [0.3, 0.4) is 0 Å². The van der Waals surface area contributed by atoms with Crippen LogP contribution in [0.1, 0.15) is 102 Å². The molecule has 0 spiro atoms. The largest absolute Gasteiger partial charge is 0.308 e. The molecule has 4 bridgehead atoms. The van der Waals surface area contributed by atoms with Crippen molar-refractivity contribution in [2.75, 3.05) is 0 Å². The van der Waals surface area contributed by atoms with E-state index >= 15 is 4.79 Å². The summed E-state index contributed by atoms with van der Waals surface area (Å²) in [6.07, 6.45) is 0. The molecule has 0 saturated carbocycles. The maximum absolute atomic E-state index is 15.8. The Labute approximate surface area is 377 Å². The van der Waals surface area contributed by atoms with E-state index in [2.05, 4.69) is 150 Å². The minimum absolute atomic E-state index is 0.0816. The molecule has 5 nitrogen and oxygen atoms in total. The van der Waals surface area contributed by atoms with Gasteiger partial charge < -0.3 is 4.40 Å². The number of benzene rings is 9. The molecule has 0 radical (unpaired) electrons. The monoisotopic (exact) mass is 836 g/mol. The van der Waals surface area contributed by atoms with Crippen molar-refractivity contribution >= 4 is 59.8 Å². The maximum atomic E-state index is 15.8. The zero-order valence-electron chi connectivity index (χ0n) is 35.2. The van der Waals surface area contributed by atoms with Crippen molar-refractivity contribution in [3.05, 3.63) is 258 Å². The average Bonchev–Trinajstić information content (AvgIpc) is 3.90. The fourth-order valence-corrected chi connectivity index (χ4v) is 13.9. The van der Waals surface area contributed by atoms with Gasteiger partial charge >= 0.3 is 0 Å². The first-order valence-corrected chi connectivity index (χ1v) is 22.7. The number of pyridine rings is 1. The van der Waals surface area contributed by atoms with Crippen LogP contribution >= 0.6 is 0 Å². The summed E-state index contributed by atoms with van der Waals surface area (Å²) >= 11 is 0. The van der Waals surface area contributed by atoms with E-state index < -0.39 is 0 Å². The number of hydrogen-bond acceptors (Lipinski definition) is 3. The quantitative estimate of drug-likeness (QED) is 0.155. The minimum Gasteiger partial charge on any atom is -0.308 e. The van der Waals surface area contributed by atoms with Gasteiger partial charge in [0.05, 0.1) is 45.3 Å². The maximum Gasteiger partial charge on any atom is 0.263 e. The number of nitriles is 2. The van der Waals surface area contributed by atoms with Crippen molar-refractivity contribution in [1.29, 1.82) is 10.5 Å². The molecular weight excluding hydrogens is 805 g/mol. The molecule has 0 saturated heterocycles. The molecule has 0 atom stereocenters. The number of aromatic nitrogens is 2. The molecule has 3 heterocycles. The van der Waals surface area contributed by atoms with Crippen LogP contribution in [0, 0.1) is 22.7 Å². The summed E-state index contributed by atoms with van der Waals surface area (Å²) in [5.41, 5.74) is 20.2. The van der Waals surface area contributed by atoms with E-state index in [1.165, 1.54) is 44.5 Å². The van der Waals surface area contributed by atoms with E-state index in [1.54, 1.807) is 0 Å². The molecule has 12 aromatic rings. The highest BCUT2D eigenvalue weighted by atomic mass is 16.1. The highest BCUT2D eigenvalue weighted by Gasteiger charge is 2.47. The predicted molar refractivity (Wildman–Crippen MR) is 261 cm³/mol. The number of hydrogen-bond donors (Lipinski definition) is 0. The number of nitrogens with zero attached hydrogens (tertiary/aromatic N) is 4. The average molecular weight is 837 g/mol. The summed E-state index contributed by atoms with van der Waals surface area (Å²) in [5, 5.41) is 29.4. The summed E-state index contributed by atoms with van der Waals surface area (Å²) in [6.45, 7) is 0. The van der Waals surface area contributed by atoms with Crippen molar-refractivity contribution in [3.8, 4) is 17.8 Å². The Morgan fingerprint density at radius 2 is 0.803 bits per heavy atom. The molecule has 6 aliphatic rings. The second-order valence-electron chi connectivity index (χ2n) is 18.7. The SMILES string of the molecule is N#Cc1cc2c(c3c1C1c4ccccc4C3c3ccccc31)c1cc3c(=O)n(-c4ccccc4)c4ccccc4c3c3c4c5c(c(C#N)cc4n2c13)C1c2ccccc2C5c2ccccc21. The van der Waals surface area contributed by atoms with E-state index in [-0.39, 0.29) is 29.2 Å². The molecule has 66 heavy (non-hydrogen) atoms. The first-order valence-electron chi connectivity index (χ1n) is 22.7. The molecule has 0 fully saturated rings. The predicted octanol–water partition coefficient (Wildman–Crippen LogP) is 13.0. The van der Waals surface area contributed by atoms with Gasteiger partial charge in [0.15, 0.2) is 0 Å². The molecular formula is C61H32N4O. The second kappa shape index (κ2) is 11.9. The Bertz CT molecular complexity index is 4330. The first kappa shape index (κ1) is 34.7. The smallest absolute Gasteiger partial charge is 0.263 e. The molecule has 0 unspecified atom stereocenters. The molecule has 18 rings (SSSR count). The topological polar surface area (TPSA) is 74.0 Å². The van der Waals surface area contributed by atoms with Crippen LogP contribution in [-0.4, -0.2) is 8.97 Å². The summed E-state index contributed by atoms with van der Waals surface area (Å²) < 4.78 is 4.25. The van der Waals surface area contributed by atoms with E-state index in [0.717, 1.165) is 82.3 Å². The summed E-state index contributed by atoms with van der Waals surface area (Å²) in [7, 11) is 0. The highest BCUT2D eigenvalue weighted by molar-refractivity contribution is 6.36. The van der Waals surface area contributed by atoms with Crippen LogP contribution < -0.4 is 5.56 Å². The molecule has 0 N–H and O–H groups in total. The van der Waals surface area contributed by atoms with Gasteiger partial charge in [-0.2, -0.15) is 10.5 Å². The van der Waals surface area contributed by atoms with Gasteiger partial charge in [-0.15, -0.1) is 0 Å². The Morgan fingerprint density at radius 3 is 1.30 bits per heavy atom. The lowest BCUT2D eigenvalue weighted by molar-refractivity contribution is 0.758. The lowest BCUT2D eigenvalue weighted by atomic mass is 9.59. The molecule has 3 aromatic heterocycles. The van der Waals surface area contributed by atoms with Gasteiger partial charge in [-0.1, -0.05) is 133 Å². The highest BCUT2D eigenvalue weighted by Crippen LogP contribution is 2.63. The fourth-order valence-electron chi connectivity index (χ4n) is 13.9. The Balaban J connectivity index is 1.19. The lowest BCUT2D eigenvalue weighted by Crippen LogP contribution is -2.28. The lowest BCUT2D eigenvalue weighted by Gasteiger charge is -2.43. The third kappa shape index (κ3) is 3.82. The van der Waals surface area contributed by atoms with Gasteiger partial charge in [0, 0.05) is 67.1 Å². The van der Waals surface area contributed by atoms with E-state index in [0.29, 0.717) is 16.5 Å². The van der Waals surface area contributed by atoms with Gasteiger partial charge in [-0.25, -0.2) is 0 Å².